The summed E-state index contributed by atoms with van der Waals surface area (Å²) in [6, 6.07) is 21.9. The molecule has 0 bridgehead atoms. The van der Waals surface area contributed by atoms with Crippen molar-refractivity contribution in [2.24, 2.45) is 5.92 Å². The average molecular weight is 618 g/mol. The molecule has 2 aliphatic rings. The minimum Gasteiger partial charge on any atom is -0.483 e. The molecule has 3 aromatic carbocycles. The van der Waals surface area contributed by atoms with Crippen LogP contribution in [-0.4, -0.2) is 67.5 Å². The summed E-state index contributed by atoms with van der Waals surface area (Å²) in [6.45, 7) is 4.42. The number of nitrogens with two attached hydrogens (primary N) is 1. The van der Waals surface area contributed by atoms with Gasteiger partial charge in [0.15, 0.2) is 12.9 Å². The lowest BCUT2D eigenvalue weighted by atomic mass is 9.93. The summed E-state index contributed by atoms with van der Waals surface area (Å²) in [4.78, 5) is 26.3. The van der Waals surface area contributed by atoms with E-state index in [-0.39, 0.29) is 37.7 Å². The topological polar surface area (TPSA) is 141 Å². The van der Waals surface area contributed by atoms with Gasteiger partial charge in [0.2, 0.25) is 0 Å². The van der Waals surface area contributed by atoms with Crippen molar-refractivity contribution in [2.45, 2.75) is 70.1 Å². The van der Waals surface area contributed by atoms with Crippen LogP contribution in [0, 0.1) is 19.8 Å². The lowest BCUT2D eigenvalue weighted by Crippen LogP contribution is -2.50. The summed E-state index contributed by atoms with van der Waals surface area (Å²) in [5, 5.41) is 17.5. The fraction of sp³-hybridized carbons (Fsp3) is 0.429. The third-order valence-electron chi connectivity index (χ3n) is 8.36. The van der Waals surface area contributed by atoms with Crippen molar-refractivity contribution < 1.29 is 33.6 Å². The van der Waals surface area contributed by atoms with E-state index < -0.39 is 30.4 Å². The molecule has 0 aromatic heterocycles. The van der Waals surface area contributed by atoms with Gasteiger partial charge in [-0.15, -0.1) is 0 Å². The molecule has 0 radical (unpaired) electrons. The Labute approximate surface area is 264 Å². The Kier molecular flexibility index (Phi) is 10.9. The van der Waals surface area contributed by atoms with Crippen LogP contribution in [0.4, 0.5) is 10.5 Å². The maximum Gasteiger partial charge on any atom is 0.407 e. The van der Waals surface area contributed by atoms with Crippen molar-refractivity contribution in [3.05, 3.63) is 95.1 Å². The predicted molar refractivity (Wildman–Crippen MR) is 170 cm³/mol. The largest absolute Gasteiger partial charge is 0.483 e. The van der Waals surface area contributed by atoms with Gasteiger partial charge in [-0.3, -0.25) is 4.79 Å². The van der Waals surface area contributed by atoms with Crippen molar-refractivity contribution in [3.8, 4) is 5.75 Å². The summed E-state index contributed by atoms with van der Waals surface area (Å²) in [5.74, 6) is 0.301. The van der Waals surface area contributed by atoms with Crippen LogP contribution in [0.15, 0.2) is 72.8 Å². The van der Waals surface area contributed by atoms with Crippen LogP contribution in [0.5, 0.6) is 5.75 Å². The molecule has 2 heterocycles. The van der Waals surface area contributed by atoms with Gasteiger partial charge < -0.3 is 40.4 Å². The molecule has 45 heavy (non-hydrogen) atoms. The number of rotatable bonds is 13. The highest BCUT2D eigenvalue weighted by Gasteiger charge is 2.44. The predicted octanol–water partition coefficient (Wildman–Crippen LogP) is 3.84. The highest BCUT2D eigenvalue weighted by Crippen LogP contribution is 2.33. The number of nitrogen functional groups attached to an aromatic ring is 1. The first-order valence-electron chi connectivity index (χ1n) is 15.5. The Bertz CT molecular complexity index is 1400. The fourth-order valence-corrected chi connectivity index (χ4v) is 6.19. The zero-order chi connectivity index (χ0) is 31.8. The molecule has 240 valence electrons. The van der Waals surface area contributed by atoms with Crippen molar-refractivity contribution in [3.63, 3.8) is 0 Å². The first-order valence-corrected chi connectivity index (χ1v) is 15.5. The molecule has 0 saturated carbocycles. The number of amides is 2. The number of fused-ring (bicyclic) bond motifs is 1. The second-order valence-corrected chi connectivity index (χ2v) is 11.9. The van der Waals surface area contributed by atoms with Crippen molar-refractivity contribution >= 4 is 17.7 Å². The number of hydrogen-bond acceptors (Lipinski definition) is 8. The van der Waals surface area contributed by atoms with Crippen molar-refractivity contribution in [1.29, 1.82) is 0 Å². The van der Waals surface area contributed by atoms with E-state index in [1.807, 2.05) is 74.5 Å². The molecule has 0 aliphatic carbocycles. The molecule has 3 aromatic rings. The molecule has 0 spiro atoms. The minimum absolute atomic E-state index is 0.00162. The van der Waals surface area contributed by atoms with Gasteiger partial charge in [0, 0.05) is 11.7 Å². The lowest BCUT2D eigenvalue weighted by Gasteiger charge is -2.29. The summed E-state index contributed by atoms with van der Waals surface area (Å²) in [6.07, 6.45) is -0.575. The molecule has 2 fully saturated rings. The number of hydrogen-bond donors (Lipinski definition) is 4. The number of carbonyl (C=O) groups is 2. The zero-order valence-corrected chi connectivity index (χ0v) is 25.8. The number of aliphatic hydroxyl groups is 1. The summed E-state index contributed by atoms with van der Waals surface area (Å²) in [5.41, 5.74) is 10.2. The number of benzene rings is 3. The van der Waals surface area contributed by atoms with E-state index in [0.29, 0.717) is 30.9 Å². The average Bonchev–Trinajstić information content (AvgIpc) is 3.62. The number of aryl methyl sites for hydroxylation is 2. The Hall–Kier alpha value is -4.12. The van der Waals surface area contributed by atoms with Gasteiger partial charge in [0.05, 0.1) is 31.3 Å². The number of alkyl carbamates (subject to hydrolysis) is 1. The van der Waals surface area contributed by atoms with Gasteiger partial charge >= 0.3 is 6.09 Å². The van der Waals surface area contributed by atoms with E-state index in [2.05, 4.69) is 10.6 Å². The van der Waals surface area contributed by atoms with Crippen LogP contribution < -0.4 is 21.1 Å². The van der Waals surface area contributed by atoms with Gasteiger partial charge in [-0.2, -0.15) is 0 Å². The summed E-state index contributed by atoms with van der Waals surface area (Å²) < 4.78 is 22.8. The molecule has 2 aliphatic heterocycles. The normalized spacial score (nSPS) is 20.9. The molecule has 6 atom stereocenters. The van der Waals surface area contributed by atoms with E-state index in [9.17, 15) is 14.7 Å². The van der Waals surface area contributed by atoms with Gasteiger partial charge in [-0.1, -0.05) is 60.7 Å². The van der Waals surface area contributed by atoms with Crippen LogP contribution >= 0.6 is 0 Å². The quantitative estimate of drug-likeness (QED) is 0.212. The van der Waals surface area contributed by atoms with Crippen molar-refractivity contribution in [2.75, 3.05) is 25.6 Å². The number of ether oxygens (including phenoxy) is 4. The second-order valence-electron chi connectivity index (χ2n) is 11.9. The third kappa shape index (κ3) is 8.97. The van der Waals surface area contributed by atoms with E-state index in [1.54, 1.807) is 12.1 Å². The number of nitrogens with one attached hydrogen (secondary N) is 2. The molecule has 10 heteroatoms. The number of carbonyl (C=O) groups excluding carboxylic acids is 2. The molecule has 5 rings (SSSR count). The SMILES string of the molecule is Cc1cc(N)cc(C)c1OCC(=O)N[C@@H](Cc1ccccc1)C[C@H](O)[C@H](Cc1ccccc1)NC(=O)O[C@@H]1COC2OCCC21. The van der Waals surface area contributed by atoms with Crippen LogP contribution in [0.25, 0.3) is 0 Å². The highest BCUT2D eigenvalue weighted by atomic mass is 16.7. The van der Waals surface area contributed by atoms with E-state index in [4.69, 9.17) is 24.7 Å². The molecule has 2 unspecified atom stereocenters. The van der Waals surface area contributed by atoms with Crippen LogP contribution in [0.2, 0.25) is 0 Å². The number of aliphatic hydroxyl groups excluding tert-OH is 1. The minimum atomic E-state index is -1.00. The molecule has 10 nitrogen and oxygen atoms in total. The van der Waals surface area contributed by atoms with Gasteiger partial charge in [0.1, 0.15) is 11.9 Å². The van der Waals surface area contributed by atoms with Crippen LogP contribution in [-0.2, 0) is 31.8 Å². The summed E-state index contributed by atoms with van der Waals surface area (Å²) in [7, 11) is 0. The highest BCUT2D eigenvalue weighted by molar-refractivity contribution is 5.78. The Morgan fingerprint density at radius 2 is 1.60 bits per heavy atom. The molecular weight excluding hydrogens is 574 g/mol. The maximum atomic E-state index is 13.2. The van der Waals surface area contributed by atoms with Crippen LogP contribution in [0.1, 0.15) is 35.1 Å². The maximum absolute atomic E-state index is 13.2. The first kappa shape index (κ1) is 32.3. The molecule has 5 N–H and O–H groups in total. The van der Waals surface area contributed by atoms with Gasteiger partial charge in [-0.25, -0.2) is 4.79 Å². The molecular formula is C35H43N3O7. The standard InChI is InChI=1S/C35H43N3O7/c1-22-15-26(36)16-23(2)33(22)43-21-32(40)37-27(17-24-9-5-3-6-10-24)19-30(39)29(18-25-11-7-4-8-12-25)38-35(41)45-31-20-44-34-28(31)13-14-42-34/h3-12,15-16,27-31,34,39H,13-14,17-21,36H2,1-2H3,(H,37,40)(H,38,41)/t27-,28?,29-,30-,31+,34?/m0/s1. The van der Waals surface area contributed by atoms with E-state index >= 15 is 0 Å². The Morgan fingerprint density at radius 1 is 0.956 bits per heavy atom. The smallest absolute Gasteiger partial charge is 0.407 e. The van der Waals surface area contributed by atoms with Gasteiger partial charge in [-0.05, 0) is 73.9 Å². The fourth-order valence-electron chi connectivity index (χ4n) is 6.19. The van der Waals surface area contributed by atoms with E-state index in [0.717, 1.165) is 28.7 Å². The Morgan fingerprint density at radius 3 is 2.27 bits per heavy atom. The zero-order valence-electron chi connectivity index (χ0n) is 25.8. The summed E-state index contributed by atoms with van der Waals surface area (Å²) >= 11 is 0. The van der Waals surface area contributed by atoms with Crippen LogP contribution in [0.3, 0.4) is 0 Å². The molecule has 2 saturated heterocycles. The van der Waals surface area contributed by atoms with Crippen molar-refractivity contribution in [1.82, 2.24) is 10.6 Å². The second kappa shape index (κ2) is 15.2. The first-order chi connectivity index (χ1) is 21.7. The number of anilines is 1. The monoisotopic (exact) mass is 617 g/mol. The van der Waals surface area contributed by atoms with Gasteiger partial charge in [0.25, 0.3) is 5.91 Å². The third-order valence-corrected chi connectivity index (χ3v) is 8.36. The molecule has 2 amide bonds. The van der Waals surface area contributed by atoms with E-state index in [1.165, 1.54) is 0 Å². The lowest BCUT2D eigenvalue weighted by molar-refractivity contribution is -0.124. The Balaban J connectivity index is 1.26.